The summed E-state index contributed by atoms with van der Waals surface area (Å²) in [5, 5.41) is 10.3. The number of hydrogen-bond acceptors (Lipinski definition) is 3. The average Bonchev–Trinajstić information content (AvgIpc) is 2.86. The topological polar surface area (TPSA) is 60.9 Å². The molecule has 1 fully saturated rings. The van der Waals surface area contributed by atoms with Crippen LogP contribution in [-0.2, 0) is 4.79 Å². The van der Waals surface area contributed by atoms with Crippen LogP contribution in [0.15, 0.2) is 48.5 Å². The molecule has 1 atom stereocenters. The van der Waals surface area contributed by atoms with Crippen LogP contribution in [-0.4, -0.2) is 33.5 Å². The number of halogens is 2. The fourth-order valence-electron chi connectivity index (χ4n) is 2.50. The van der Waals surface area contributed by atoms with Gasteiger partial charge in [0, 0.05) is 5.56 Å². The molecule has 0 radical (unpaired) electrons. The molecule has 7 heteroatoms. The molecule has 0 aromatic heterocycles. The van der Waals surface area contributed by atoms with Crippen molar-refractivity contribution in [3.63, 3.8) is 0 Å². The van der Waals surface area contributed by atoms with Crippen molar-refractivity contribution in [1.82, 2.24) is 9.96 Å². The SMILES string of the molecule is O=C1CN(C(=O)c2ccccc2)C(c2ccc(F)c(Cl)c2)N1O. The Kier molecular flexibility index (Phi) is 4.02. The number of amides is 2. The first-order valence-corrected chi connectivity index (χ1v) is 7.18. The molecule has 5 nitrogen and oxygen atoms in total. The molecule has 0 spiro atoms. The van der Waals surface area contributed by atoms with Crippen LogP contribution in [0.2, 0.25) is 5.02 Å². The highest BCUT2D eigenvalue weighted by Gasteiger charge is 2.41. The van der Waals surface area contributed by atoms with Gasteiger partial charge in [-0.3, -0.25) is 14.8 Å². The molecular formula is C16H12ClFN2O3. The molecule has 0 aliphatic carbocycles. The number of rotatable bonds is 2. The Bertz CT molecular complexity index is 769. The average molecular weight is 335 g/mol. The molecule has 1 heterocycles. The van der Waals surface area contributed by atoms with Crippen molar-refractivity contribution in [3.05, 3.63) is 70.5 Å². The molecule has 23 heavy (non-hydrogen) atoms. The van der Waals surface area contributed by atoms with E-state index in [4.69, 9.17) is 11.6 Å². The van der Waals surface area contributed by atoms with E-state index in [2.05, 4.69) is 0 Å². The van der Waals surface area contributed by atoms with E-state index >= 15 is 0 Å². The summed E-state index contributed by atoms with van der Waals surface area (Å²) in [5.41, 5.74) is 0.725. The first-order valence-electron chi connectivity index (χ1n) is 6.81. The van der Waals surface area contributed by atoms with E-state index < -0.39 is 23.8 Å². The lowest BCUT2D eigenvalue weighted by Gasteiger charge is -2.26. The number of nitrogens with zero attached hydrogens (tertiary/aromatic N) is 2. The van der Waals surface area contributed by atoms with Crippen LogP contribution in [0.1, 0.15) is 22.1 Å². The van der Waals surface area contributed by atoms with Crippen molar-refractivity contribution in [2.24, 2.45) is 0 Å². The highest BCUT2D eigenvalue weighted by molar-refractivity contribution is 6.30. The number of hydrogen-bond donors (Lipinski definition) is 1. The molecule has 1 aliphatic rings. The van der Waals surface area contributed by atoms with Gasteiger partial charge in [-0.1, -0.05) is 35.9 Å². The third-order valence-electron chi connectivity index (χ3n) is 3.61. The minimum absolute atomic E-state index is 0.151. The second-order valence-electron chi connectivity index (χ2n) is 5.08. The molecular weight excluding hydrogens is 323 g/mol. The third-order valence-corrected chi connectivity index (χ3v) is 3.90. The Hall–Kier alpha value is -2.44. The number of carbonyl (C=O) groups excluding carboxylic acids is 2. The van der Waals surface area contributed by atoms with Crippen LogP contribution >= 0.6 is 11.6 Å². The van der Waals surface area contributed by atoms with Crippen LogP contribution in [0.25, 0.3) is 0 Å². The summed E-state index contributed by atoms with van der Waals surface area (Å²) < 4.78 is 13.3. The van der Waals surface area contributed by atoms with Gasteiger partial charge in [-0.05, 0) is 29.8 Å². The summed E-state index contributed by atoms with van der Waals surface area (Å²) in [5.74, 6) is -1.66. The van der Waals surface area contributed by atoms with Crippen LogP contribution in [0.4, 0.5) is 4.39 Å². The second kappa shape index (κ2) is 5.98. The van der Waals surface area contributed by atoms with Gasteiger partial charge in [-0.2, -0.15) is 5.06 Å². The van der Waals surface area contributed by atoms with Crippen molar-refractivity contribution in [3.8, 4) is 0 Å². The van der Waals surface area contributed by atoms with Gasteiger partial charge in [-0.15, -0.1) is 0 Å². The van der Waals surface area contributed by atoms with Crippen molar-refractivity contribution < 1.29 is 19.2 Å². The molecule has 1 unspecified atom stereocenters. The Morgan fingerprint density at radius 3 is 2.57 bits per heavy atom. The summed E-state index contributed by atoms with van der Waals surface area (Å²) in [4.78, 5) is 25.6. The van der Waals surface area contributed by atoms with Crippen LogP contribution < -0.4 is 0 Å². The summed E-state index contributed by atoms with van der Waals surface area (Å²) in [7, 11) is 0. The van der Waals surface area contributed by atoms with E-state index in [0.717, 1.165) is 6.07 Å². The maximum absolute atomic E-state index is 13.3. The zero-order chi connectivity index (χ0) is 16.6. The molecule has 2 aromatic rings. The number of carbonyl (C=O) groups is 2. The lowest BCUT2D eigenvalue weighted by molar-refractivity contribution is -0.168. The van der Waals surface area contributed by atoms with Gasteiger partial charge in [0.25, 0.3) is 11.8 Å². The molecule has 3 rings (SSSR count). The Labute approximate surface area is 136 Å². The summed E-state index contributed by atoms with van der Waals surface area (Å²) in [6, 6.07) is 12.2. The fourth-order valence-corrected chi connectivity index (χ4v) is 2.69. The maximum atomic E-state index is 13.3. The van der Waals surface area contributed by atoms with Gasteiger partial charge in [0.05, 0.1) is 5.02 Å². The van der Waals surface area contributed by atoms with Crippen LogP contribution in [0, 0.1) is 5.82 Å². The maximum Gasteiger partial charge on any atom is 0.267 e. The Morgan fingerprint density at radius 1 is 1.22 bits per heavy atom. The molecule has 1 saturated heterocycles. The largest absolute Gasteiger partial charge is 0.302 e. The molecule has 2 aromatic carbocycles. The highest BCUT2D eigenvalue weighted by atomic mass is 35.5. The van der Waals surface area contributed by atoms with Crippen molar-refractivity contribution in [2.75, 3.05) is 6.54 Å². The summed E-state index contributed by atoms with van der Waals surface area (Å²) in [6.45, 7) is -0.274. The van der Waals surface area contributed by atoms with Gasteiger partial charge >= 0.3 is 0 Å². The van der Waals surface area contributed by atoms with E-state index in [1.165, 1.54) is 17.0 Å². The van der Waals surface area contributed by atoms with Gasteiger partial charge in [-0.25, -0.2) is 4.39 Å². The van der Waals surface area contributed by atoms with Gasteiger partial charge in [0.2, 0.25) is 0 Å². The number of hydroxylamine groups is 2. The van der Waals surface area contributed by atoms with E-state index in [9.17, 15) is 19.2 Å². The monoisotopic (exact) mass is 334 g/mol. The molecule has 0 bridgehead atoms. The standard InChI is InChI=1S/C16H12ClFN2O3/c17-12-8-11(6-7-13(12)18)15-19(9-14(21)20(15)23)16(22)10-4-2-1-3-5-10/h1-8,15,23H,9H2. The first kappa shape index (κ1) is 15.5. The highest BCUT2D eigenvalue weighted by Crippen LogP contribution is 2.32. The van der Waals surface area contributed by atoms with Gasteiger partial charge in [0.1, 0.15) is 12.4 Å². The van der Waals surface area contributed by atoms with Crippen molar-refractivity contribution in [1.29, 1.82) is 0 Å². The molecule has 0 saturated carbocycles. The quantitative estimate of drug-likeness (QED) is 0.859. The van der Waals surface area contributed by atoms with E-state index in [1.807, 2.05) is 0 Å². The lowest BCUT2D eigenvalue weighted by atomic mass is 10.1. The van der Waals surface area contributed by atoms with Crippen LogP contribution in [0.3, 0.4) is 0 Å². The van der Waals surface area contributed by atoms with Crippen molar-refractivity contribution >= 4 is 23.4 Å². The Balaban J connectivity index is 1.99. The third kappa shape index (κ3) is 2.78. The lowest BCUT2D eigenvalue weighted by Crippen LogP contribution is -2.34. The molecule has 1 N–H and O–H groups in total. The van der Waals surface area contributed by atoms with E-state index in [-0.39, 0.29) is 11.6 Å². The normalized spacial score (nSPS) is 17.7. The summed E-state index contributed by atoms with van der Waals surface area (Å²) >= 11 is 5.76. The fraction of sp³-hybridized carbons (Fsp3) is 0.125. The Morgan fingerprint density at radius 2 is 1.91 bits per heavy atom. The predicted molar refractivity (Wildman–Crippen MR) is 80.3 cm³/mol. The number of benzene rings is 2. The molecule has 1 aliphatic heterocycles. The first-order chi connectivity index (χ1) is 11.0. The van der Waals surface area contributed by atoms with E-state index in [0.29, 0.717) is 16.2 Å². The second-order valence-corrected chi connectivity index (χ2v) is 5.49. The minimum atomic E-state index is -1.05. The minimum Gasteiger partial charge on any atom is -0.302 e. The van der Waals surface area contributed by atoms with Crippen molar-refractivity contribution in [2.45, 2.75) is 6.17 Å². The zero-order valence-corrected chi connectivity index (χ0v) is 12.6. The predicted octanol–water partition coefficient (Wildman–Crippen LogP) is 2.85. The van der Waals surface area contributed by atoms with Gasteiger partial charge in [0.15, 0.2) is 6.17 Å². The smallest absolute Gasteiger partial charge is 0.267 e. The molecule has 2 amide bonds. The van der Waals surface area contributed by atoms with Crippen LogP contribution in [0.5, 0.6) is 0 Å². The van der Waals surface area contributed by atoms with Gasteiger partial charge < -0.3 is 4.90 Å². The summed E-state index contributed by atoms with van der Waals surface area (Å²) in [6.07, 6.45) is -1.05. The zero-order valence-electron chi connectivity index (χ0n) is 11.8. The van der Waals surface area contributed by atoms with E-state index in [1.54, 1.807) is 30.3 Å². The molecule has 118 valence electrons.